The number of hydrogen-bond acceptors (Lipinski definition) is 2. The van der Waals surface area contributed by atoms with E-state index in [9.17, 15) is 14.3 Å². The van der Waals surface area contributed by atoms with Gasteiger partial charge in [-0.3, -0.25) is 4.79 Å². The van der Waals surface area contributed by atoms with E-state index in [1.54, 1.807) is 37.3 Å². The molecule has 0 aliphatic heterocycles. The number of amides is 1. The Hall–Kier alpha value is -1.91. The first-order valence-electron chi connectivity index (χ1n) is 6.45. The summed E-state index contributed by atoms with van der Waals surface area (Å²) in [7, 11) is 0. The van der Waals surface area contributed by atoms with Crippen molar-refractivity contribution in [2.75, 3.05) is 5.32 Å². The zero-order valence-electron chi connectivity index (χ0n) is 11.4. The van der Waals surface area contributed by atoms with Crippen molar-refractivity contribution >= 4 is 23.2 Å². The molecule has 1 unspecified atom stereocenters. The molecule has 0 spiro atoms. The zero-order chi connectivity index (χ0) is 15.4. The fraction of sp³-hybridized carbons (Fsp3) is 0.188. The molecule has 110 valence electrons. The standard InChI is InChI=1S/C16H15ClFNO2/c1-10-2-7-14(13(18)8-10)19-16(21)9-15(20)11-3-5-12(17)6-4-11/h2-8,15,20H,9H2,1H3,(H,19,21). The van der Waals surface area contributed by atoms with E-state index in [2.05, 4.69) is 5.32 Å². The van der Waals surface area contributed by atoms with Crippen LogP contribution >= 0.6 is 11.6 Å². The molecular formula is C16H15ClFNO2. The molecule has 21 heavy (non-hydrogen) atoms. The van der Waals surface area contributed by atoms with Gasteiger partial charge in [0.1, 0.15) is 5.82 Å². The van der Waals surface area contributed by atoms with Gasteiger partial charge in [-0.2, -0.15) is 0 Å². The molecule has 0 aliphatic rings. The molecule has 2 rings (SSSR count). The minimum absolute atomic E-state index is 0.105. The van der Waals surface area contributed by atoms with Crippen LogP contribution in [-0.2, 0) is 4.79 Å². The molecule has 2 N–H and O–H groups in total. The van der Waals surface area contributed by atoms with Crippen LogP contribution in [0.2, 0.25) is 5.02 Å². The average Bonchev–Trinajstić information content (AvgIpc) is 2.42. The molecule has 0 aliphatic carbocycles. The van der Waals surface area contributed by atoms with Crippen molar-refractivity contribution in [3.8, 4) is 0 Å². The van der Waals surface area contributed by atoms with Gasteiger partial charge in [-0.05, 0) is 42.3 Å². The zero-order valence-corrected chi connectivity index (χ0v) is 12.2. The molecule has 0 bridgehead atoms. The van der Waals surface area contributed by atoms with Crippen LogP contribution in [0.3, 0.4) is 0 Å². The van der Waals surface area contributed by atoms with Crippen LogP contribution in [-0.4, -0.2) is 11.0 Å². The highest BCUT2D eigenvalue weighted by Gasteiger charge is 2.14. The van der Waals surface area contributed by atoms with Crippen molar-refractivity contribution in [2.24, 2.45) is 0 Å². The molecule has 2 aromatic carbocycles. The van der Waals surface area contributed by atoms with E-state index in [1.807, 2.05) is 0 Å². The molecule has 0 fully saturated rings. The molecule has 3 nitrogen and oxygen atoms in total. The number of aryl methyl sites for hydroxylation is 1. The number of nitrogens with one attached hydrogen (secondary N) is 1. The normalized spacial score (nSPS) is 12.0. The van der Waals surface area contributed by atoms with Crippen LogP contribution in [0.5, 0.6) is 0 Å². The summed E-state index contributed by atoms with van der Waals surface area (Å²) in [5, 5.41) is 13.0. The third-order valence-corrected chi connectivity index (χ3v) is 3.28. The lowest BCUT2D eigenvalue weighted by Gasteiger charge is -2.12. The van der Waals surface area contributed by atoms with Crippen molar-refractivity contribution in [3.05, 3.63) is 64.4 Å². The largest absolute Gasteiger partial charge is 0.388 e. The Balaban J connectivity index is 1.99. The number of anilines is 1. The highest BCUT2D eigenvalue weighted by Crippen LogP contribution is 2.21. The fourth-order valence-corrected chi connectivity index (χ4v) is 2.03. The van der Waals surface area contributed by atoms with E-state index in [-0.39, 0.29) is 12.1 Å². The Kier molecular flexibility index (Phi) is 4.94. The summed E-state index contributed by atoms with van der Waals surface area (Å²) >= 11 is 5.76. The van der Waals surface area contributed by atoms with Crippen LogP contribution in [0.15, 0.2) is 42.5 Å². The second kappa shape index (κ2) is 6.70. The summed E-state index contributed by atoms with van der Waals surface area (Å²) in [6, 6.07) is 11.1. The van der Waals surface area contributed by atoms with Gasteiger partial charge in [-0.15, -0.1) is 0 Å². The minimum Gasteiger partial charge on any atom is -0.388 e. The third kappa shape index (κ3) is 4.28. The van der Waals surface area contributed by atoms with E-state index < -0.39 is 17.8 Å². The Bertz CT molecular complexity index is 643. The van der Waals surface area contributed by atoms with Crippen molar-refractivity contribution in [3.63, 3.8) is 0 Å². The lowest BCUT2D eigenvalue weighted by molar-refractivity contribution is -0.118. The number of benzene rings is 2. The van der Waals surface area contributed by atoms with Crippen LogP contribution in [0.25, 0.3) is 0 Å². The average molecular weight is 308 g/mol. The summed E-state index contributed by atoms with van der Waals surface area (Å²) < 4.78 is 13.6. The predicted octanol–water partition coefficient (Wildman–Crippen LogP) is 3.85. The number of carbonyl (C=O) groups is 1. The summed E-state index contributed by atoms with van der Waals surface area (Å²) in [4.78, 5) is 11.8. The second-order valence-corrected chi connectivity index (χ2v) is 5.24. The van der Waals surface area contributed by atoms with Crippen LogP contribution < -0.4 is 5.32 Å². The first-order chi connectivity index (χ1) is 9.95. The number of aliphatic hydroxyl groups excluding tert-OH is 1. The van der Waals surface area contributed by atoms with E-state index in [0.717, 1.165) is 5.56 Å². The van der Waals surface area contributed by atoms with Gasteiger partial charge in [0, 0.05) is 5.02 Å². The van der Waals surface area contributed by atoms with E-state index in [0.29, 0.717) is 10.6 Å². The summed E-state index contributed by atoms with van der Waals surface area (Å²) in [6.45, 7) is 1.76. The number of halogens is 2. The van der Waals surface area contributed by atoms with Gasteiger partial charge in [0.2, 0.25) is 5.91 Å². The first kappa shape index (κ1) is 15.5. The van der Waals surface area contributed by atoms with Gasteiger partial charge in [0.25, 0.3) is 0 Å². The predicted molar refractivity (Wildman–Crippen MR) is 80.8 cm³/mol. The van der Waals surface area contributed by atoms with Crippen LogP contribution in [0.1, 0.15) is 23.7 Å². The van der Waals surface area contributed by atoms with E-state index in [4.69, 9.17) is 11.6 Å². The molecule has 0 saturated carbocycles. The second-order valence-electron chi connectivity index (χ2n) is 4.80. The quantitative estimate of drug-likeness (QED) is 0.901. The maximum atomic E-state index is 13.6. The Morgan fingerprint density at radius 3 is 2.57 bits per heavy atom. The topological polar surface area (TPSA) is 49.3 Å². The highest BCUT2D eigenvalue weighted by molar-refractivity contribution is 6.30. The number of aliphatic hydroxyl groups is 1. The lowest BCUT2D eigenvalue weighted by atomic mass is 10.1. The van der Waals surface area contributed by atoms with E-state index >= 15 is 0 Å². The number of rotatable bonds is 4. The molecule has 0 aromatic heterocycles. The maximum absolute atomic E-state index is 13.6. The molecule has 0 saturated heterocycles. The first-order valence-corrected chi connectivity index (χ1v) is 6.83. The SMILES string of the molecule is Cc1ccc(NC(=O)CC(O)c2ccc(Cl)cc2)c(F)c1. The molecule has 2 aromatic rings. The van der Waals surface area contributed by atoms with Crippen molar-refractivity contribution in [1.29, 1.82) is 0 Å². The Labute approximate surface area is 127 Å². The number of carbonyl (C=O) groups excluding carboxylic acids is 1. The van der Waals surface area contributed by atoms with E-state index in [1.165, 1.54) is 12.1 Å². The van der Waals surface area contributed by atoms with Crippen LogP contribution in [0, 0.1) is 12.7 Å². The number of hydrogen-bond donors (Lipinski definition) is 2. The third-order valence-electron chi connectivity index (χ3n) is 3.03. The monoisotopic (exact) mass is 307 g/mol. The van der Waals surface area contributed by atoms with Gasteiger partial charge in [0.15, 0.2) is 0 Å². The maximum Gasteiger partial charge on any atom is 0.227 e. The molecule has 0 radical (unpaired) electrons. The van der Waals surface area contributed by atoms with Gasteiger partial charge >= 0.3 is 0 Å². The van der Waals surface area contributed by atoms with Gasteiger partial charge < -0.3 is 10.4 Å². The molecular weight excluding hydrogens is 293 g/mol. The smallest absolute Gasteiger partial charge is 0.227 e. The molecule has 1 atom stereocenters. The van der Waals surface area contributed by atoms with Crippen molar-refractivity contribution in [2.45, 2.75) is 19.4 Å². The fourth-order valence-electron chi connectivity index (χ4n) is 1.90. The molecule has 0 heterocycles. The van der Waals surface area contributed by atoms with Gasteiger partial charge in [-0.25, -0.2) is 4.39 Å². The molecule has 5 heteroatoms. The van der Waals surface area contributed by atoms with Crippen LogP contribution in [0.4, 0.5) is 10.1 Å². The van der Waals surface area contributed by atoms with Crippen molar-refractivity contribution < 1.29 is 14.3 Å². The van der Waals surface area contributed by atoms with Crippen molar-refractivity contribution in [1.82, 2.24) is 0 Å². The van der Waals surface area contributed by atoms with Gasteiger partial charge in [0.05, 0.1) is 18.2 Å². The lowest BCUT2D eigenvalue weighted by Crippen LogP contribution is -2.16. The van der Waals surface area contributed by atoms with Gasteiger partial charge in [-0.1, -0.05) is 29.8 Å². The summed E-state index contributed by atoms with van der Waals surface area (Å²) in [6.07, 6.45) is -1.12. The Morgan fingerprint density at radius 2 is 1.95 bits per heavy atom. The summed E-state index contributed by atoms with van der Waals surface area (Å²) in [5.41, 5.74) is 1.46. The minimum atomic E-state index is -0.962. The highest BCUT2D eigenvalue weighted by atomic mass is 35.5. The Morgan fingerprint density at radius 1 is 1.29 bits per heavy atom. The molecule has 1 amide bonds. The summed E-state index contributed by atoms with van der Waals surface area (Å²) in [5.74, 6) is -0.954.